The number of rotatable bonds is 1. The highest BCUT2D eigenvalue weighted by Gasteiger charge is 2.30. The fourth-order valence-corrected chi connectivity index (χ4v) is 2.43. The summed E-state index contributed by atoms with van der Waals surface area (Å²) in [5.74, 6) is 0. The number of hydrogen-bond acceptors (Lipinski definition) is 3. The molecule has 0 N–H and O–H groups in total. The van der Waals surface area contributed by atoms with E-state index in [-0.39, 0.29) is 11.2 Å². The largest absolute Gasteiger partial charge is 0.374 e. The summed E-state index contributed by atoms with van der Waals surface area (Å²) in [6.45, 7) is 5.70. The van der Waals surface area contributed by atoms with Gasteiger partial charge in [0.25, 0.3) is 0 Å². The van der Waals surface area contributed by atoms with Crippen molar-refractivity contribution in [2.45, 2.75) is 44.6 Å². The summed E-state index contributed by atoms with van der Waals surface area (Å²) in [7, 11) is 0. The van der Waals surface area contributed by atoms with Gasteiger partial charge in [-0.15, -0.1) is 0 Å². The normalized spacial score (nSPS) is 37.5. The van der Waals surface area contributed by atoms with Crippen molar-refractivity contribution in [2.75, 3.05) is 0 Å². The molecule has 0 radical (unpaired) electrons. The van der Waals surface area contributed by atoms with Crippen molar-refractivity contribution >= 4 is 16.9 Å². The molecule has 1 fully saturated rings. The Bertz CT molecular complexity index is 158. The average molecular weight is 174 g/mol. The summed E-state index contributed by atoms with van der Waals surface area (Å²) >= 11 is 1.41. The predicted molar refractivity (Wildman–Crippen MR) is 46.7 cm³/mol. The molecule has 3 heteroatoms. The second kappa shape index (κ2) is 3.59. The van der Waals surface area contributed by atoms with E-state index in [1.54, 1.807) is 6.92 Å². The third kappa shape index (κ3) is 2.49. The van der Waals surface area contributed by atoms with E-state index in [1.807, 2.05) is 6.92 Å². The summed E-state index contributed by atoms with van der Waals surface area (Å²) in [5, 5.41) is 0.571. The molecule has 1 saturated heterocycles. The Labute approximate surface area is 71.7 Å². The molecule has 0 aliphatic carbocycles. The van der Waals surface area contributed by atoms with Crippen LogP contribution in [0.5, 0.6) is 0 Å². The molecule has 0 saturated carbocycles. The first-order chi connectivity index (χ1) is 5.09. The molecule has 1 heterocycles. The highest BCUT2D eigenvalue weighted by Crippen LogP contribution is 2.30. The molecule has 1 aliphatic heterocycles. The maximum atomic E-state index is 10.8. The van der Waals surface area contributed by atoms with Crippen molar-refractivity contribution in [1.29, 1.82) is 0 Å². The molecule has 11 heavy (non-hydrogen) atoms. The first-order valence-corrected chi connectivity index (χ1v) is 4.80. The van der Waals surface area contributed by atoms with Crippen LogP contribution < -0.4 is 0 Å². The summed E-state index contributed by atoms with van der Waals surface area (Å²) in [4.78, 5) is 10.8. The predicted octanol–water partition coefficient (Wildman–Crippen LogP) is 1.83. The van der Waals surface area contributed by atoms with Gasteiger partial charge in [-0.2, -0.15) is 0 Å². The lowest BCUT2D eigenvalue weighted by molar-refractivity contribution is -0.109. The van der Waals surface area contributed by atoms with Crippen LogP contribution in [0.4, 0.5) is 0 Å². The summed E-state index contributed by atoms with van der Waals surface area (Å²) < 4.78 is 5.50. The zero-order valence-electron chi connectivity index (χ0n) is 7.16. The minimum Gasteiger partial charge on any atom is -0.374 e. The fourth-order valence-electron chi connectivity index (χ4n) is 1.39. The molecular weight excluding hydrogens is 160 g/mol. The Morgan fingerprint density at radius 2 is 2.18 bits per heavy atom. The maximum Gasteiger partial charge on any atom is 0.186 e. The minimum atomic E-state index is 0.194. The minimum absolute atomic E-state index is 0.194. The summed E-state index contributed by atoms with van der Waals surface area (Å²) in [6, 6.07) is 0. The Morgan fingerprint density at radius 1 is 1.55 bits per heavy atom. The molecule has 1 rings (SSSR count). The molecular formula is C8H14O2S. The third-order valence-electron chi connectivity index (χ3n) is 1.85. The van der Waals surface area contributed by atoms with Crippen LogP contribution in [0.15, 0.2) is 0 Å². The van der Waals surface area contributed by atoms with Crippen LogP contribution in [0.25, 0.3) is 0 Å². The Balaban J connectivity index is 2.40. The molecule has 0 unspecified atom stereocenters. The van der Waals surface area contributed by atoms with Crippen molar-refractivity contribution in [1.82, 2.24) is 0 Å². The second-order valence-electron chi connectivity index (χ2n) is 3.04. The maximum absolute atomic E-state index is 10.8. The van der Waals surface area contributed by atoms with Crippen molar-refractivity contribution < 1.29 is 9.53 Å². The molecule has 3 atom stereocenters. The van der Waals surface area contributed by atoms with E-state index in [4.69, 9.17) is 4.74 Å². The summed E-state index contributed by atoms with van der Waals surface area (Å²) in [6.07, 6.45) is 1.56. The lowest BCUT2D eigenvalue weighted by Gasteiger charge is -2.09. The van der Waals surface area contributed by atoms with E-state index >= 15 is 0 Å². The van der Waals surface area contributed by atoms with Gasteiger partial charge in [-0.05, 0) is 20.3 Å². The molecule has 1 aliphatic rings. The first kappa shape index (κ1) is 9.07. The number of hydrogen-bond donors (Lipinski definition) is 0. The zero-order chi connectivity index (χ0) is 8.43. The van der Waals surface area contributed by atoms with Crippen molar-refractivity contribution in [3.8, 4) is 0 Å². The lowest BCUT2D eigenvalue weighted by Crippen LogP contribution is -2.14. The number of carbonyl (C=O) groups is 1. The van der Waals surface area contributed by atoms with Gasteiger partial charge in [0.15, 0.2) is 5.12 Å². The molecule has 2 nitrogen and oxygen atoms in total. The van der Waals surface area contributed by atoms with Crippen molar-refractivity contribution in [3.63, 3.8) is 0 Å². The van der Waals surface area contributed by atoms with Crippen molar-refractivity contribution in [3.05, 3.63) is 0 Å². The van der Waals surface area contributed by atoms with Crippen LogP contribution in [-0.4, -0.2) is 22.6 Å². The molecule has 0 bridgehead atoms. The lowest BCUT2D eigenvalue weighted by atomic mass is 10.2. The molecule has 0 aromatic heterocycles. The van der Waals surface area contributed by atoms with Gasteiger partial charge in [-0.25, -0.2) is 0 Å². The molecule has 0 aromatic carbocycles. The van der Waals surface area contributed by atoms with Gasteiger partial charge < -0.3 is 4.74 Å². The van der Waals surface area contributed by atoms with E-state index in [9.17, 15) is 4.79 Å². The fraction of sp³-hybridized carbons (Fsp3) is 0.875. The first-order valence-electron chi connectivity index (χ1n) is 3.92. The van der Waals surface area contributed by atoms with Gasteiger partial charge in [0.2, 0.25) is 0 Å². The quantitative estimate of drug-likeness (QED) is 0.606. The van der Waals surface area contributed by atoms with Crippen LogP contribution in [0, 0.1) is 0 Å². The zero-order valence-corrected chi connectivity index (χ0v) is 7.98. The van der Waals surface area contributed by atoms with Gasteiger partial charge in [-0.3, -0.25) is 4.79 Å². The van der Waals surface area contributed by atoms with Crippen molar-refractivity contribution in [2.24, 2.45) is 0 Å². The van der Waals surface area contributed by atoms with E-state index in [1.165, 1.54) is 11.8 Å². The van der Waals surface area contributed by atoms with Crippen LogP contribution in [0.2, 0.25) is 0 Å². The number of ether oxygens (including phenoxy) is 1. The van der Waals surface area contributed by atoms with E-state index in [0.717, 1.165) is 6.42 Å². The van der Waals surface area contributed by atoms with Crippen LogP contribution >= 0.6 is 11.8 Å². The summed E-state index contributed by atoms with van der Waals surface area (Å²) in [5.41, 5.74) is 0. The Hall–Kier alpha value is -0.0200. The van der Waals surface area contributed by atoms with E-state index in [0.29, 0.717) is 11.4 Å². The van der Waals surface area contributed by atoms with Gasteiger partial charge in [0.05, 0.1) is 12.2 Å². The highest BCUT2D eigenvalue weighted by atomic mass is 32.2. The standard InChI is InChI=1S/C8H14O2S/c1-5-4-8(6(2)10-5)11-7(3)9/h5-6,8H,4H2,1-3H3/t5-,6-,8-/m0/s1. The van der Waals surface area contributed by atoms with E-state index < -0.39 is 0 Å². The van der Waals surface area contributed by atoms with Gasteiger partial charge >= 0.3 is 0 Å². The highest BCUT2D eigenvalue weighted by molar-refractivity contribution is 8.14. The van der Waals surface area contributed by atoms with Gasteiger partial charge in [-0.1, -0.05) is 11.8 Å². The van der Waals surface area contributed by atoms with Gasteiger partial charge in [0, 0.05) is 12.2 Å². The SMILES string of the molecule is CC(=O)S[C@H]1C[C@H](C)O[C@H]1C. The second-order valence-corrected chi connectivity index (χ2v) is 4.45. The van der Waals surface area contributed by atoms with Crippen LogP contribution in [-0.2, 0) is 9.53 Å². The van der Waals surface area contributed by atoms with Gasteiger partial charge in [0.1, 0.15) is 0 Å². The Morgan fingerprint density at radius 3 is 2.55 bits per heavy atom. The van der Waals surface area contributed by atoms with Crippen LogP contribution in [0.3, 0.4) is 0 Å². The van der Waals surface area contributed by atoms with Crippen LogP contribution in [0.1, 0.15) is 27.2 Å². The molecule has 0 amide bonds. The number of carbonyl (C=O) groups excluding carboxylic acids is 1. The number of thioether (sulfide) groups is 1. The Kier molecular flexibility index (Phi) is 2.96. The molecule has 0 aromatic rings. The molecule has 64 valence electrons. The third-order valence-corrected chi connectivity index (χ3v) is 3.06. The average Bonchev–Trinajstić information content (AvgIpc) is 2.09. The topological polar surface area (TPSA) is 26.3 Å². The molecule has 0 spiro atoms. The monoisotopic (exact) mass is 174 g/mol. The van der Waals surface area contributed by atoms with E-state index in [2.05, 4.69) is 6.92 Å². The smallest absolute Gasteiger partial charge is 0.186 e.